The molecule has 0 aliphatic carbocycles. The Morgan fingerprint density at radius 2 is 0.560 bits per heavy atom. The molecule has 91 heavy (non-hydrogen) atoms. The van der Waals surface area contributed by atoms with Gasteiger partial charge in [-0.05, 0) is 43.4 Å². The van der Waals surface area contributed by atoms with E-state index in [1.165, 1.54) is 167 Å². The predicted molar refractivity (Wildman–Crippen MR) is 368 cm³/mol. The van der Waals surface area contributed by atoms with Crippen molar-refractivity contribution in [2.24, 2.45) is 17.8 Å². The van der Waals surface area contributed by atoms with E-state index < -0.39 is 97.5 Å². The Morgan fingerprint density at radius 1 is 0.319 bits per heavy atom. The average Bonchev–Trinajstić information content (AvgIpc) is 2.89. The Hall–Kier alpha value is -1.94. The number of phosphoric ester groups is 2. The van der Waals surface area contributed by atoms with Gasteiger partial charge in [0.25, 0.3) is 0 Å². The van der Waals surface area contributed by atoms with Crippen molar-refractivity contribution >= 4 is 39.5 Å². The maximum atomic E-state index is 13.0. The summed E-state index contributed by atoms with van der Waals surface area (Å²) in [6.07, 6.45) is 47.2. The summed E-state index contributed by atoms with van der Waals surface area (Å²) >= 11 is 0. The van der Waals surface area contributed by atoms with Crippen LogP contribution >= 0.6 is 15.6 Å². The van der Waals surface area contributed by atoms with Crippen LogP contribution in [0.5, 0.6) is 0 Å². The van der Waals surface area contributed by atoms with E-state index in [-0.39, 0.29) is 25.7 Å². The molecule has 17 nitrogen and oxygen atoms in total. The van der Waals surface area contributed by atoms with Gasteiger partial charge in [-0.15, -0.1) is 0 Å². The molecule has 0 spiro atoms. The molecule has 0 aliphatic heterocycles. The molecule has 0 saturated heterocycles. The van der Waals surface area contributed by atoms with Crippen LogP contribution in [0, 0.1) is 17.8 Å². The zero-order chi connectivity index (χ0) is 67.3. The number of aliphatic hydroxyl groups is 1. The molecular formula is C72H140O17P2. The monoisotopic (exact) mass is 1340 g/mol. The Labute approximate surface area is 556 Å². The van der Waals surface area contributed by atoms with Gasteiger partial charge in [-0.25, -0.2) is 9.13 Å². The summed E-state index contributed by atoms with van der Waals surface area (Å²) in [6.45, 7) is 11.8. The van der Waals surface area contributed by atoms with Gasteiger partial charge in [-0.1, -0.05) is 312 Å². The van der Waals surface area contributed by atoms with Crippen LogP contribution < -0.4 is 0 Å². The Morgan fingerprint density at radius 3 is 0.835 bits per heavy atom. The number of phosphoric acid groups is 2. The standard InChI is InChI=1S/C72H140O17P2/c1-8-10-11-12-13-14-19-27-32-41-48-55-71(76)89-68(60-83-70(75)54-47-40-35-34-37-44-51-64(5)6)62-87-91(80,81)85-58-66(73)57-84-90(78,79)86-61-67(59-82-69(74)53-46-39-31-26-23-22-25-30-38-45-52-65(7)9-2)88-72(77)56-49-42-33-28-21-18-16-15-17-20-24-29-36-43-50-63(3)4/h63-68,73H,8-62H2,1-7H3,(H,78,79)(H,80,81)/t65?,66-,67-,68-/m1/s1. The van der Waals surface area contributed by atoms with Crippen LogP contribution in [0.4, 0.5) is 0 Å². The summed E-state index contributed by atoms with van der Waals surface area (Å²) in [5, 5.41) is 10.6. The van der Waals surface area contributed by atoms with Gasteiger partial charge in [0, 0.05) is 25.7 Å². The number of unbranched alkanes of at least 4 members (excludes halogenated alkanes) is 37. The second-order valence-corrected chi connectivity index (χ2v) is 30.1. The van der Waals surface area contributed by atoms with Crippen LogP contribution in [0.15, 0.2) is 0 Å². The molecule has 0 amide bonds. The predicted octanol–water partition coefficient (Wildman–Crippen LogP) is 20.6. The quantitative estimate of drug-likeness (QED) is 0.0222. The van der Waals surface area contributed by atoms with E-state index in [4.69, 9.17) is 37.0 Å². The molecule has 0 aliphatic rings. The number of aliphatic hydroxyl groups excluding tert-OH is 1. The first-order valence-electron chi connectivity index (χ1n) is 37.4. The lowest BCUT2D eigenvalue weighted by molar-refractivity contribution is -0.161. The summed E-state index contributed by atoms with van der Waals surface area (Å²) in [5.41, 5.74) is 0. The maximum absolute atomic E-state index is 13.0. The minimum atomic E-state index is -4.95. The molecule has 3 N–H and O–H groups in total. The third kappa shape index (κ3) is 65.1. The maximum Gasteiger partial charge on any atom is 0.472 e. The molecule has 0 aromatic heterocycles. The minimum Gasteiger partial charge on any atom is -0.462 e. The Kier molecular flexibility index (Phi) is 61.5. The highest BCUT2D eigenvalue weighted by Crippen LogP contribution is 2.45. The zero-order valence-electron chi connectivity index (χ0n) is 59.3. The van der Waals surface area contributed by atoms with Crippen molar-refractivity contribution in [3.63, 3.8) is 0 Å². The molecule has 540 valence electrons. The first-order valence-corrected chi connectivity index (χ1v) is 40.4. The minimum absolute atomic E-state index is 0.106. The van der Waals surface area contributed by atoms with Crippen molar-refractivity contribution < 1.29 is 80.2 Å². The molecule has 0 aromatic carbocycles. The first kappa shape index (κ1) is 89.1. The van der Waals surface area contributed by atoms with Gasteiger partial charge in [0.1, 0.15) is 19.3 Å². The molecule has 0 radical (unpaired) electrons. The number of carbonyl (C=O) groups is 4. The fourth-order valence-electron chi connectivity index (χ4n) is 10.9. The number of hydrogen-bond acceptors (Lipinski definition) is 15. The van der Waals surface area contributed by atoms with E-state index in [1.54, 1.807) is 0 Å². The first-order chi connectivity index (χ1) is 43.8. The third-order valence-corrected chi connectivity index (χ3v) is 18.9. The van der Waals surface area contributed by atoms with Crippen molar-refractivity contribution in [1.82, 2.24) is 0 Å². The largest absolute Gasteiger partial charge is 0.472 e. The van der Waals surface area contributed by atoms with Crippen molar-refractivity contribution in [3.05, 3.63) is 0 Å². The number of hydrogen-bond donors (Lipinski definition) is 3. The molecule has 0 saturated carbocycles. The third-order valence-electron chi connectivity index (χ3n) is 17.0. The van der Waals surface area contributed by atoms with Crippen LogP contribution in [0.3, 0.4) is 0 Å². The Bertz CT molecular complexity index is 1790. The zero-order valence-corrected chi connectivity index (χ0v) is 61.1. The van der Waals surface area contributed by atoms with Crippen molar-refractivity contribution in [2.45, 2.75) is 381 Å². The summed E-state index contributed by atoms with van der Waals surface area (Å²) in [5.74, 6) is 0.160. The number of esters is 4. The van der Waals surface area contributed by atoms with Gasteiger partial charge in [0.2, 0.25) is 0 Å². The lowest BCUT2D eigenvalue weighted by Gasteiger charge is -2.21. The van der Waals surface area contributed by atoms with E-state index in [9.17, 15) is 43.2 Å². The number of rotatable bonds is 70. The summed E-state index contributed by atoms with van der Waals surface area (Å²) in [7, 11) is -9.90. The number of ether oxygens (including phenoxy) is 4. The highest BCUT2D eigenvalue weighted by molar-refractivity contribution is 7.47. The average molecular weight is 1340 g/mol. The summed E-state index contributed by atoms with van der Waals surface area (Å²) in [4.78, 5) is 72.6. The van der Waals surface area contributed by atoms with Crippen LogP contribution in [0.25, 0.3) is 0 Å². The molecule has 0 heterocycles. The van der Waals surface area contributed by atoms with Crippen LogP contribution in [0.1, 0.15) is 363 Å². The second-order valence-electron chi connectivity index (χ2n) is 27.2. The van der Waals surface area contributed by atoms with Gasteiger partial charge in [-0.2, -0.15) is 0 Å². The normalized spacial score (nSPS) is 14.5. The number of carbonyl (C=O) groups excluding carboxylic acids is 4. The van der Waals surface area contributed by atoms with Crippen molar-refractivity contribution in [2.75, 3.05) is 39.6 Å². The van der Waals surface area contributed by atoms with Gasteiger partial charge in [0.05, 0.1) is 26.4 Å². The Balaban J connectivity index is 5.24. The molecule has 3 unspecified atom stereocenters. The van der Waals surface area contributed by atoms with Crippen molar-refractivity contribution in [1.29, 1.82) is 0 Å². The molecule has 0 bridgehead atoms. The van der Waals surface area contributed by atoms with Crippen LogP contribution in [0.2, 0.25) is 0 Å². The molecule has 6 atom stereocenters. The smallest absolute Gasteiger partial charge is 0.462 e. The SMILES string of the molecule is CCCCCCCCCCCCCC(=O)O[C@H](COC(=O)CCCCCCCCC(C)C)COP(=O)(O)OC[C@H](O)COP(=O)(O)OC[C@@H](COC(=O)CCCCCCCCCCCCC(C)CC)OC(=O)CCCCCCCCCCCCCCCCC(C)C. The van der Waals surface area contributed by atoms with E-state index in [0.29, 0.717) is 31.6 Å². The summed E-state index contributed by atoms with van der Waals surface area (Å²) < 4.78 is 68.3. The molecule has 0 aromatic rings. The van der Waals surface area contributed by atoms with E-state index >= 15 is 0 Å². The fourth-order valence-corrected chi connectivity index (χ4v) is 12.4. The molecule has 0 fully saturated rings. The summed E-state index contributed by atoms with van der Waals surface area (Å²) in [6, 6.07) is 0. The molecule has 19 heteroatoms. The highest BCUT2D eigenvalue weighted by atomic mass is 31.2. The van der Waals surface area contributed by atoms with Gasteiger partial charge in [0.15, 0.2) is 12.2 Å². The van der Waals surface area contributed by atoms with Crippen LogP contribution in [-0.2, 0) is 65.4 Å². The van der Waals surface area contributed by atoms with Gasteiger partial charge < -0.3 is 33.8 Å². The topological polar surface area (TPSA) is 237 Å². The molecular weight excluding hydrogens is 1200 g/mol. The fraction of sp³-hybridized carbons (Fsp3) is 0.944. The van der Waals surface area contributed by atoms with E-state index in [2.05, 4.69) is 48.5 Å². The van der Waals surface area contributed by atoms with Gasteiger partial charge in [-0.3, -0.25) is 37.3 Å². The van der Waals surface area contributed by atoms with Gasteiger partial charge >= 0.3 is 39.5 Å². The lowest BCUT2D eigenvalue weighted by atomic mass is 9.99. The van der Waals surface area contributed by atoms with E-state index in [0.717, 1.165) is 108 Å². The van der Waals surface area contributed by atoms with Crippen molar-refractivity contribution in [3.8, 4) is 0 Å². The van der Waals surface area contributed by atoms with Crippen LogP contribution in [-0.4, -0.2) is 96.7 Å². The lowest BCUT2D eigenvalue weighted by Crippen LogP contribution is -2.30. The van der Waals surface area contributed by atoms with E-state index in [1.807, 2.05) is 0 Å². The highest BCUT2D eigenvalue weighted by Gasteiger charge is 2.30. The molecule has 0 rings (SSSR count). The second kappa shape index (κ2) is 62.8.